The summed E-state index contributed by atoms with van der Waals surface area (Å²) in [6.45, 7) is 3.02. The summed E-state index contributed by atoms with van der Waals surface area (Å²) in [5, 5.41) is 5.78. The van der Waals surface area contributed by atoms with Crippen molar-refractivity contribution in [3.8, 4) is 11.3 Å². The fraction of sp³-hybridized carbons (Fsp3) is 0.250. The van der Waals surface area contributed by atoms with Crippen LogP contribution in [0.25, 0.3) is 22.3 Å². The van der Waals surface area contributed by atoms with Crippen LogP contribution >= 0.6 is 11.6 Å². The van der Waals surface area contributed by atoms with Gasteiger partial charge in [0.1, 0.15) is 12.0 Å². The fourth-order valence-electron chi connectivity index (χ4n) is 1.98. The third-order valence-electron chi connectivity index (χ3n) is 2.78. The fourth-order valence-corrected chi connectivity index (χ4v) is 2.21. The monoisotopic (exact) mass is 261 g/mol. The lowest BCUT2D eigenvalue weighted by molar-refractivity contribution is 0.603. The molecule has 5 nitrogen and oxygen atoms in total. The first-order valence-corrected chi connectivity index (χ1v) is 6.17. The number of hydrogen-bond donors (Lipinski definition) is 1. The molecule has 3 heterocycles. The van der Waals surface area contributed by atoms with E-state index in [1.807, 2.05) is 10.9 Å². The predicted octanol–water partition coefficient (Wildman–Crippen LogP) is 2.88. The number of halogens is 1. The van der Waals surface area contributed by atoms with Crippen molar-refractivity contribution in [3.63, 3.8) is 0 Å². The Kier molecular flexibility index (Phi) is 2.76. The van der Waals surface area contributed by atoms with Gasteiger partial charge in [-0.15, -0.1) is 0 Å². The quantitative estimate of drug-likeness (QED) is 0.789. The molecule has 0 aliphatic rings. The Bertz CT molecular complexity index is 685. The summed E-state index contributed by atoms with van der Waals surface area (Å²) < 4.78 is 1.91. The molecule has 0 aliphatic heterocycles. The van der Waals surface area contributed by atoms with Crippen LogP contribution in [0.15, 0.2) is 24.9 Å². The highest BCUT2D eigenvalue weighted by Crippen LogP contribution is 2.30. The molecule has 0 aliphatic carbocycles. The van der Waals surface area contributed by atoms with E-state index in [1.165, 1.54) is 6.33 Å². The van der Waals surface area contributed by atoms with Crippen LogP contribution in [0.3, 0.4) is 0 Å². The Hall–Kier alpha value is -1.88. The van der Waals surface area contributed by atoms with Gasteiger partial charge in [-0.25, -0.2) is 9.97 Å². The van der Waals surface area contributed by atoms with E-state index < -0.39 is 0 Å². The van der Waals surface area contributed by atoms with Gasteiger partial charge in [-0.2, -0.15) is 5.10 Å². The van der Waals surface area contributed by atoms with Crippen LogP contribution in [0.2, 0.25) is 5.02 Å². The molecule has 92 valence electrons. The van der Waals surface area contributed by atoms with E-state index in [-0.39, 0.29) is 0 Å². The second-order valence-electron chi connectivity index (χ2n) is 4.07. The molecule has 0 saturated carbocycles. The molecular weight excluding hydrogens is 250 g/mol. The summed E-state index contributed by atoms with van der Waals surface area (Å²) in [7, 11) is 0. The van der Waals surface area contributed by atoms with E-state index in [1.54, 1.807) is 12.4 Å². The van der Waals surface area contributed by atoms with Gasteiger partial charge in [-0.3, -0.25) is 4.68 Å². The molecule has 18 heavy (non-hydrogen) atoms. The maximum atomic E-state index is 6.16. The molecule has 0 unspecified atom stereocenters. The minimum Gasteiger partial charge on any atom is -0.344 e. The number of hydrogen-bond acceptors (Lipinski definition) is 3. The molecule has 0 amide bonds. The third kappa shape index (κ3) is 1.76. The predicted molar refractivity (Wildman–Crippen MR) is 70.4 cm³/mol. The molecule has 0 atom stereocenters. The molecule has 3 rings (SSSR count). The number of fused-ring (bicyclic) bond motifs is 1. The van der Waals surface area contributed by atoms with Crippen LogP contribution in [-0.2, 0) is 6.54 Å². The number of H-pyrrole nitrogens is 1. The van der Waals surface area contributed by atoms with Crippen molar-refractivity contribution in [2.45, 2.75) is 19.9 Å². The molecule has 0 saturated heterocycles. The summed E-state index contributed by atoms with van der Waals surface area (Å²) in [6.07, 6.45) is 8.09. The van der Waals surface area contributed by atoms with E-state index in [0.29, 0.717) is 5.02 Å². The van der Waals surface area contributed by atoms with Crippen LogP contribution in [0.1, 0.15) is 13.3 Å². The van der Waals surface area contributed by atoms with Gasteiger partial charge >= 0.3 is 0 Å². The number of nitrogens with zero attached hydrogens (tertiary/aromatic N) is 4. The van der Waals surface area contributed by atoms with Crippen LogP contribution in [0, 0.1) is 0 Å². The van der Waals surface area contributed by atoms with Crippen LogP contribution < -0.4 is 0 Å². The average Bonchev–Trinajstić information content (AvgIpc) is 2.98. The lowest BCUT2D eigenvalue weighted by atomic mass is 10.2. The normalized spacial score (nSPS) is 11.2. The SMILES string of the molecule is CCCn1cc(-c2ncnc3[nH]cc(Cl)c23)cn1. The van der Waals surface area contributed by atoms with Crippen molar-refractivity contribution < 1.29 is 0 Å². The van der Waals surface area contributed by atoms with Gasteiger partial charge in [0.05, 0.1) is 22.3 Å². The maximum Gasteiger partial charge on any atom is 0.142 e. The molecule has 3 aromatic heterocycles. The Morgan fingerprint density at radius 2 is 2.28 bits per heavy atom. The molecule has 0 radical (unpaired) electrons. The highest BCUT2D eigenvalue weighted by molar-refractivity contribution is 6.36. The Balaban J connectivity index is 2.15. The number of aromatic nitrogens is 5. The van der Waals surface area contributed by atoms with Crippen LogP contribution in [-0.4, -0.2) is 24.7 Å². The van der Waals surface area contributed by atoms with E-state index in [2.05, 4.69) is 27.0 Å². The minimum absolute atomic E-state index is 0.629. The molecular formula is C12H12ClN5. The highest BCUT2D eigenvalue weighted by Gasteiger charge is 2.12. The molecule has 0 aromatic carbocycles. The van der Waals surface area contributed by atoms with Crippen LogP contribution in [0.4, 0.5) is 0 Å². The number of rotatable bonds is 3. The second kappa shape index (κ2) is 4.42. The molecule has 3 aromatic rings. The second-order valence-corrected chi connectivity index (χ2v) is 4.48. The molecule has 1 N–H and O–H groups in total. The van der Waals surface area contributed by atoms with Crippen molar-refractivity contribution in [1.29, 1.82) is 0 Å². The van der Waals surface area contributed by atoms with E-state index in [4.69, 9.17) is 11.6 Å². The topological polar surface area (TPSA) is 59.4 Å². The van der Waals surface area contributed by atoms with Gasteiger partial charge < -0.3 is 4.98 Å². The Labute approximate surface area is 109 Å². The lowest BCUT2D eigenvalue weighted by Crippen LogP contribution is -1.95. The molecule has 0 spiro atoms. The first kappa shape index (κ1) is 11.2. The first-order chi connectivity index (χ1) is 8.79. The summed E-state index contributed by atoms with van der Waals surface area (Å²) in [5.74, 6) is 0. The third-order valence-corrected chi connectivity index (χ3v) is 3.08. The minimum atomic E-state index is 0.629. The van der Waals surface area contributed by atoms with Crippen molar-refractivity contribution >= 4 is 22.6 Å². The molecule has 0 fully saturated rings. The van der Waals surface area contributed by atoms with Gasteiger partial charge in [-0.05, 0) is 6.42 Å². The van der Waals surface area contributed by atoms with Crippen LogP contribution in [0.5, 0.6) is 0 Å². The zero-order valence-electron chi connectivity index (χ0n) is 9.89. The van der Waals surface area contributed by atoms with Gasteiger partial charge in [-0.1, -0.05) is 18.5 Å². The van der Waals surface area contributed by atoms with E-state index >= 15 is 0 Å². The number of nitrogens with one attached hydrogen (secondary N) is 1. The number of aryl methyl sites for hydroxylation is 1. The smallest absolute Gasteiger partial charge is 0.142 e. The number of aromatic amines is 1. The highest BCUT2D eigenvalue weighted by atomic mass is 35.5. The summed E-state index contributed by atoms with van der Waals surface area (Å²) in [5.41, 5.74) is 2.51. The maximum absolute atomic E-state index is 6.16. The summed E-state index contributed by atoms with van der Waals surface area (Å²) in [6, 6.07) is 0. The van der Waals surface area contributed by atoms with Crippen molar-refractivity contribution in [2.24, 2.45) is 0 Å². The largest absolute Gasteiger partial charge is 0.344 e. The van der Waals surface area contributed by atoms with E-state index in [0.717, 1.165) is 35.3 Å². The average molecular weight is 262 g/mol. The van der Waals surface area contributed by atoms with Gasteiger partial charge in [0.15, 0.2) is 0 Å². The van der Waals surface area contributed by atoms with Gasteiger partial charge in [0.25, 0.3) is 0 Å². The standard InChI is InChI=1S/C12H12ClN5/c1-2-3-18-6-8(4-17-18)11-10-9(13)5-14-12(10)16-7-15-11/h4-7H,2-3H2,1H3,(H,14,15,16). The van der Waals surface area contributed by atoms with Crippen molar-refractivity contribution in [2.75, 3.05) is 0 Å². The van der Waals surface area contributed by atoms with Crippen molar-refractivity contribution in [1.82, 2.24) is 24.7 Å². The first-order valence-electron chi connectivity index (χ1n) is 5.80. The molecule has 0 bridgehead atoms. The van der Waals surface area contributed by atoms with Gasteiger partial charge in [0, 0.05) is 24.5 Å². The zero-order chi connectivity index (χ0) is 12.5. The summed E-state index contributed by atoms with van der Waals surface area (Å²) >= 11 is 6.16. The molecule has 6 heteroatoms. The lowest BCUT2D eigenvalue weighted by Gasteiger charge is -1.99. The van der Waals surface area contributed by atoms with Gasteiger partial charge in [0.2, 0.25) is 0 Å². The van der Waals surface area contributed by atoms with E-state index in [9.17, 15) is 0 Å². The Morgan fingerprint density at radius 1 is 1.39 bits per heavy atom. The summed E-state index contributed by atoms with van der Waals surface area (Å²) in [4.78, 5) is 11.5. The Morgan fingerprint density at radius 3 is 3.11 bits per heavy atom. The zero-order valence-corrected chi connectivity index (χ0v) is 10.6. The van der Waals surface area contributed by atoms with Crippen molar-refractivity contribution in [3.05, 3.63) is 29.9 Å².